The maximum atomic E-state index is 13.8. The average molecular weight is 568 g/mol. The Hall–Kier alpha value is -3.23. The van der Waals surface area contributed by atoms with E-state index in [9.17, 15) is 14.0 Å². The van der Waals surface area contributed by atoms with Gasteiger partial charge in [0.25, 0.3) is 0 Å². The van der Waals surface area contributed by atoms with E-state index < -0.39 is 0 Å². The first-order chi connectivity index (χ1) is 19.1. The van der Waals surface area contributed by atoms with E-state index in [0.717, 1.165) is 32.8 Å². The zero-order valence-corrected chi connectivity index (χ0v) is 25.3. The number of ether oxygens (including phenoxy) is 1. The van der Waals surface area contributed by atoms with Crippen molar-refractivity contribution < 1.29 is 18.7 Å². The Balaban J connectivity index is 1.87. The van der Waals surface area contributed by atoms with Gasteiger partial charge in [0.05, 0.1) is 6.54 Å². The Bertz CT molecular complexity index is 1230. The van der Waals surface area contributed by atoms with Crippen LogP contribution in [-0.4, -0.2) is 48.5 Å². The number of para-hydroxylation sites is 1. The number of hydrogen-bond acceptors (Lipinski definition) is 4. The van der Waals surface area contributed by atoms with Gasteiger partial charge < -0.3 is 19.9 Å². The lowest BCUT2D eigenvalue weighted by molar-refractivity contribution is -0.133. The van der Waals surface area contributed by atoms with Gasteiger partial charge in [0.1, 0.15) is 12.4 Å². The molecule has 3 aromatic rings. The number of aryl methyl sites for hydroxylation is 1. The fourth-order valence-corrected chi connectivity index (χ4v) is 5.50. The van der Waals surface area contributed by atoms with E-state index in [-0.39, 0.29) is 36.1 Å². The van der Waals surface area contributed by atoms with Crippen LogP contribution in [0.2, 0.25) is 0 Å². The number of thiophene rings is 1. The normalized spacial score (nSPS) is 11.2. The summed E-state index contributed by atoms with van der Waals surface area (Å²) in [5.74, 6) is -0.0549. The highest BCUT2D eigenvalue weighted by Gasteiger charge is 2.24. The highest BCUT2D eigenvalue weighted by atomic mass is 32.1. The lowest BCUT2D eigenvalue weighted by atomic mass is 9.93. The molecule has 8 heteroatoms. The number of amides is 3. The zero-order valence-electron chi connectivity index (χ0n) is 24.5. The predicted molar refractivity (Wildman–Crippen MR) is 161 cm³/mol. The first kappa shape index (κ1) is 31.3. The molecule has 0 aliphatic rings. The van der Waals surface area contributed by atoms with Gasteiger partial charge in [-0.1, -0.05) is 58.0 Å². The number of benzene rings is 2. The van der Waals surface area contributed by atoms with Crippen molar-refractivity contribution in [2.24, 2.45) is 0 Å². The zero-order chi connectivity index (χ0) is 29.2. The Morgan fingerprint density at radius 3 is 2.15 bits per heavy atom. The van der Waals surface area contributed by atoms with E-state index in [1.807, 2.05) is 36.6 Å². The quantitative estimate of drug-likeness (QED) is 0.217. The molecule has 0 saturated heterocycles. The number of carbonyl (C=O) groups is 2. The number of carbonyl (C=O) groups excluding carboxylic acids is 2. The standard InChI is InChI=1S/C32H42FN3O3S/c1-22(2)27-9-7-10-28(23(3)4)31(27)34-32(38)35(16-8-17-39-6)21-30(37)36(20-29-24(5)15-18-40-29)19-25-11-13-26(33)14-12-25/h7,9-15,18,22-23H,8,16-17,19-21H2,1-6H3,(H,34,38). The summed E-state index contributed by atoms with van der Waals surface area (Å²) < 4.78 is 18.8. The molecule has 0 saturated carbocycles. The molecule has 2 aromatic carbocycles. The number of anilines is 1. The molecule has 0 aliphatic heterocycles. The second-order valence-corrected chi connectivity index (χ2v) is 11.7. The van der Waals surface area contributed by atoms with Crippen LogP contribution in [0.5, 0.6) is 0 Å². The van der Waals surface area contributed by atoms with Crippen molar-refractivity contribution >= 4 is 29.0 Å². The van der Waals surface area contributed by atoms with Gasteiger partial charge in [0, 0.05) is 37.4 Å². The van der Waals surface area contributed by atoms with Crippen molar-refractivity contribution in [3.05, 3.63) is 86.9 Å². The fourth-order valence-electron chi connectivity index (χ4n) is 4.58. The molecule has 1 heterocycles. The largest absolute Gasteiger partial charge is 0.385 e. The summed E-state index contributed by atoms with van der Waals surface area (Å²) in [5.41, 5.74) is 4.89. The number of halogens is 1. The molecule has 0 fully saturated rings. The molecule has 0 unspecified atom stereocenters. The van der Waals surface area contributed by atoms with Gasteiger partial charge in [-0.2, -0.15) is 0 Å². The Morgan fingerprint density at radius 2 is 1.60 bits per heavy atom. The minimum atomic E-state index is -0.320. The number of rotatable bonds is 13. The molecule has 0 atom stereocenters. The van der Waals surface area contributed by atoms with E-state index in [1.54, 1.807) is 40.4 Å². The second kappa shape index (κ2) is 15.0. The van der Waals surface area contributed by atoms with Gasteiger partial charge in [-0.3, -0.25) is 4.79 Å². The van der Waals surface area contributed by atoms with Crippen LogP contribution in [0.15, 0.2) is 53.9 Å². The van der Waals surface area contributed by atoms with Crippen molar-refractivity contribution in [3.63, 3.8) is 0 Å². The summed E-state index contributed by atoms with van der Waals surface area (Å²) in [6.45, 7) is 11.9. The van der Waals surface area contributed by atoms with Gasteiger partial charge in [-0.25, -0.2) is 9.18 Å². The second-order valence-electron chi connectivity index (χ2n) is 10.7. The van der Waals surface area contributed by atoms with Crippen LogP contribution in [0.25, 0.3) is 0 Å². The molecule has 1 N–H and O–H groups in total. The van der Waals surface area contributed by atoms with Crippen molar-refractivity contribution in [1.29, 1.82) is 0 Å². The number of nitrogens with zero attached hydrogens (tertiary/aromatic N) is 2. The van der Waals surface area contributed by atoms with E-state index in [4.69, 9.17) is 4.74 Å². The van der Waals surface area contributed by atoms with Crippen molar-refractivity contribution in [2.75, 3.05) is 32.1 Å². The van der Waals surface area contributed by atoms with Crippen LogP contribution in [0.4, 0.5) is 14.9 Å². The molecule has 3 amide bonds. The monoisotopic (exact) mass is 567 g/mol. The van der Waals surface area contributed by atoms with Crippen LogP contribution in [0.3, 0.4) is 0 Å². The maximum Gasteiger partial charge on any atom is 0.322 e. The summed E-state index contributed by atoms with van der Waals surface area (Å²) in [4.78, 5) is 31.9. The van der Waals surface area contributed by atoms with E-state index in [0.29, 0.717) is 32.7 Å². The molecule has 3 rings (SSSR count). The highest BCUT2D eigenvalue weighted by Crippen LogP contribution is 2.32. The van der Waals surface area contributed by atoms with Crippen LogP contribution in [0.1, 0.15) is 73.1 Å². The lowest BCUT2D eigenvalue weighted by Crippen LogP contribution is -2.45. The molecule has 40 heavy (non-hydrogen) atoms. The minimum absolute atomic E-state index is 0.0813. The van der Waals surface area contributed by atoms with Crippen LogP contribution < -0.4 is 5.32 Å². The third-order valence-electron chi connectivity index (χ3n) is 6.94. The Morgan fingerprint density at radius 1 is 0.950 bits per heavy atom. The highest BCUT2D eigenvalue weighted by molar-refractivity contribution is 7.10. The summed E-state index contributed by atoms with van der Waals surface area (Å²) >= 11 is 1.60. The Kier molecular flexibility index (Phi) is 11.7. The third-order valence-corrected chi connectivity index (χ3v) is 7.94. The molecule has 1 aromatic heterocycles. The van der Waals surface area contributed by atoms with Crippen LogP contribution >= 0.6 is 11.3 Å². The third kappa shape index (κ3) is 8.63. The van der Waals surface area contributed by atoms with Gasteiger partial charge in [-0.15, -0.1) is 11.3 Å². The number of methoxy groups -OCH3 is 1. The van der Waals surface area contributed by atoms with Crippen molar-refractivity contribution in [2.45, 2.75) is 66.0 Å². The average Bonchev–Trinajstić information content (AvgIpc) is 3.32. The van der Waals surface area contributed by atoms with Gasteiger partial charge in [0.15, 0.2) is 0 Å². The molecule has 6 nitrogen and oxygen atoms in total. The molecule has 0 bridgehead atoms. The smallest absolute Gasteiger partial charge is 0.322 e. The van der Waals surface area contributed by atoms with E-state index in [1.165, 1.54) is 12.1 Å². The molecular weight excluding hydrogens is 525 g/mol. The first-order valence-corrected chi connectivity index (χ1v) is 14.7. The van der Waals surface area contributed by atoms with E-state index >= 15 is 0 Å². The molecule has 216 valence electrons. The van der Waals surface area contributed by atoms with Gasteiger partial charge >= 0.3 is 6.03 Å². The minimum Gasteiger partial charge on any atom is -0.385 e. The number of hydrogen-bond donors (Lipinski definition) is 1. The van der Waals surface area contributed by atoms with Crippen LogP contribution in [0, 0.1) is 12.7 Å². The topological polar surface area (TPSA) is 61.9 Å². The number of urea groups is 1. The molecule has 0 aliphatic carbocycles. The summed E-state index contributed by atoms with van der Waals surface area (Å²) in [6.07, 6.45) is 0.599. The Labute approximate surface area is 242 Å². The summed E-state index contributed by atoms with van der Waals surface area (Å²) in [7, 11) is 1.62. The van der Waals surface area contributed by atoms with Crippen molar-refractivity contribution in [1.82, 2.24) is 9.80 Å². The SMILES string of the molecule is COCCCN(CC(=O)N(Cc1ccc(F)cc1)Cc1sccc1C)C(=O)Nc1c(C(C)C)cccc1C(C)C. The summed E-state index contributed by atoms with van der Waals surface area (Å²) in [5, 5.41) is 5.17. The van der Waals surface area contributed by atoms with Gasteiger partial charge in [-0.05, 0) is 71.0 Å². The molecule has 0 radical (unpaired) electrons. The molecule has 0 spiro atoms. The van der Waals surface area contributed by atoms with Crippen LogP contribution in [-0.2, 0) is 22.6 Å². The first-order valence-electron chi connectivity index (χ1n) is 13.8. The van der Waals surface area contributed by atoms with Gasteiger partial charge in [0.2, 0.25) is 5.91 Å². The van der Waals surface area contributed by atoms with E-state index in [2.05, 4.69) is 33.0 Å². The molecular formula is C32H42FN3O3S. The van der Waals surface area contributed by atoms with Crippen molar-refractivity contribution in [3.8, 4) is 0 Å². The maximum absolute atomic E-state index is 13.8. The lowest BCUT2D eigenvalue weighted by Gasteiger charge is -2.29. The fraction of sp³-hybridized carbons (Fsp3) is 0.438. The predicted octanol–water partition coefficient (Wildman–Crippen LogP) is 7.54. The number of nitrogens with one attached hydrogen (secondary N) is 1. The summed E-state index contributed by atoms with van der Waals surface area (Å²) in [6, 6.07) is 14.0.